The summed E-state index contributed by atoms with van der Waals surface area (Å²) in [6, 6.07) is 2.73. The average molecular weight is 296 g/mol. The van der Waals surface area contributed by atoms with Gasteiger partial charge in [0.2, 0.25) is 5.91 Å². The highest BCUT2D eigenvalue weighted by Gasteiger charge is 2.22. The van der Waals surface area contributed by atoms with Gasteiger partial charge in [0.25, 0.3) is 5.69 Å². The Morgan fingerprint density at radius 2 is 2.14 bits per heavy atom. The van der Waals surface area contributed by atoms with Crippen molar-refractivity contribution < 1.29 is 24.4 Å². The van der Waals surface area contributed by atoms with E-state index in [2.05, 4.69) is 5.32 Å². The van der Waals surface area contributed by atoms with Crippen LogP contribution >= 0.6 is 0 Å². The van der Waals surface area contributed by atoms with Crippen LogP contribution in [-0.2, 0) is 16.0 Å². The number of ether oxygens (including phenoxy) is 1. The Balaban J connectivity index is 3.06. The Hall–Kier alpha value is -2.64. The first-order valence-corrected chi connectivity index (χ1v) is 6.22. The lowest BCUT2D eigenvalue weighted by atomic mass is 10.0. The van der Waals surface area contributed by atoms with E-state index in [1.807, 2.05) is 0 Å². The molecule has 1 aromatic rings. The van der Waals surface area contributed by atoms with Crippen LogP contribution in [0.15, 0.2) is 18.2 Å². The van der Waals surface area contributed by atoms with Gasteiger partial charge >= 0.3 is 5.97 Å². The van der Waals surface area contributed by atoms with E-state index in [1.165, 1.54) is 25.3 Å². The quantitative estimate of drug-likeness (QED) is 0.575. The molecule has 0 aliphatic heterocycles. The molecule has 0 saturated carbocycles. The predicted molar refractivity (Wildman–Crippen MR) is 73.2 cm³/mol. The van der Waals surface area contributed by atoms with E-state index >= 15 is 0 Å². The summed E-state index contributed by atoms with van der Waals surface area (Å²) in [5, 5.41) is 22.3. The van der Waals surface area contributed by atoms with Crippen LogP contribution in [0.25, 0.3) is 0 Å². The number of carboxylic acid groups (broad SMARTS) is 1. The lowest BCUT2D eigenvalue weighted by Gasteiger charge is -2.15. The number of non-ortho nitro benzene ring substituents is 1. The molecular formula is C13H16N2O6. The summed E-state index contributed by atoms with van der Waals surface area (Å²) >= 11 is 0. The number of hydrogen-bond acceptors (Lipinski definition) is 5. The summed E-state index contributed by atoms with van der Waals surface area (Å²) in [6.07, 6.45) is 0.0434. The molecule has 0 bridgehead atoms. The number of rotatable bonds is 7. The van der Waals surface area contributed by atoms with Crippen LogP contribution in [0, 0.1) is 10.1 Å². The fourth-order valence-corrected chi connectivity index (χ4v) is 1.75. The predicted octanol–water partition coefficient (Wildman–Crippen LogP) is 1.13. The fraction of sp³-hybridized carbons (Fsp3) is 0.385. The van der Waals surface area contributed by atoms with Crippen molar-refractivity contribution in [2.45, 2.75) is 25.8 Å². The van der Waals surface area contributed by atoms with Crippen molar-refractivity contribution in [2.24, 2.45) is 0 Å². The average Bonchev–Trinajstić information content (AvgIpc) is 2.45. The van der Waals surface area contributed by atoms with Crippen LogP contribution in [0.5, 0.6) is 5.75 Å². The fourth-order valence-electron chi connectivity index (χ4n) is 1.75. The van der Waals surface area contributed by atoms with E-state index in [4.69, 9.17) is 9.84 Å². The number of methoxy groups -OCH3 is 1. The van der Waals surface area contributed by atoms with Gasteiger partial charge in [-0.05, 0) is 6.07 Å². The molecule has 8 heteroatoms. The number of aliphatic carboxylic acids is 1. The highest BCUT2D eigenvalue weighted by molar-refractivity contribution is 5.83. The number of amides is 1. The summed E-state index contributed by atoms with van der Waals surface area (Å²) in [7, 11) is 1.38. The normalized spacial score (nSPS) is 11.5. The Kier molecular flexibility index (Phi) is 5.65. The van der Waals surface area contributed by atoms with E-state index in [-0.39, 0.29) is 18.5 Å². The number of benzene rings is 1. The molecule has 114 valence electrons. The van der Waals surface area contributed by atoms with Gasteiger partial charge in [-0.25, -0.2) is 4.79 Å². The number of nitro groups is 1. The van der Waals surface area contributed by atoms with E-state index < -0.39 is 22.8 Å². The van der Waals surface area contributed by atoms with Crippen LogP contribution in [0.1, 0.15) is 18.9 Å². The molecule has 0 spiro atoms. The van der Waals surface area contributed by atoms with Gasteiger partial charge in [-0.15, -0.1) is 0 Å². The number of carbonyl (C=O) groups excluding carboxylic acids is 1. The lowest BCUT2D eigenvalue weighted by Crippen LogP contribution is -2.42. The SMILES string of the molecule is CCC(=O)N[C@H](Cc1cc([N+](=O)[O-])ccc1OC)C(=O)O. The molecule has 0 unspecified atom stereocenters. The standard InChI is InChI=1S/C13H16N2O6/c1-3-12(16)14-10(13(17)18)7-8-6-9(15(19)20)4-5-11(8)21-2/h4-6,10H,3,7H2,1-2H3,(H,14,16)(H,17,18)/t10-/m1/s1. The van der Waals surface area contributed by atoms with Gasteiger partial charge < -0.3 is 15.2 Å². The monoisotopic (exact) mass is 296 g/mol. The minimum absolute atomic E-state index is 0.105. The molecule has 1 atom stereocenters. The second-order valence-corrected chi connectivity index (χ2v) is 4.27. The summed E-state index contributed by atoms with van der Waals surface area (Å²) in [5.74, 6) is -1.30. The van der Waals surface area contributed by atoms with Crippen LogP contribution in [0.2, 0.25) is 0 Å². The molecule has 8 nitrogen and oxygen atoms in total. The highest BCUT2D eigenvalue weighted by Crippen LogP contribution is 2.25. The van der Waals surface area contributed by atoms with Gasteiger partial charge in [0.05, 0.1) is 12.0 Å². The molecule has 1 aromatic carbocycles. The summed E-state index contributed by atoms with van der Waals surface area (Å²) < 4.78 is 5.06. The molecule has 0 aromatic heterocycles. The maximum absolute atomic E-state index is 11.3. The van der Waals surface area contributed by atoms with Gasteiger partial charge in [-0.2, -0.15) is 0 Å². The van der Waals surface area contributed by atoms with Crippen LogP contribution in [-0.4, -0.2) is 35.1 Å². The molecule has 0 aliphatic carbocycles. The Morgan fingerprint density at radius 1 is 1.48 bits per heavy atom. The molecule has 0 heterocycles. The number of nitrogens with one attached hydrogen (secondary N) is 1. The number of hydrogen-bond donors (Lipinski definition) is 2. The Labute approximate surface area is 120 Å². The molecule has 0 radical (unpaired) electrons. The van der Waals surface area contributed by atoms with Gasteiger partial charge in [-0.1, -0.05) is 6.92 Å². The summed E-state index contributed by atoms with van der Waals surface area (Å²) in [4.78, 5) is 32.7. The van der Waals surface area contributed by atoms with Crippen LogP contribution in [0.3, 0.4) is 0 Å². The second-order valence-electron chi connectivity index (χ2n) is 4.27. The Bertz CT molecular complexity index is 558. The summed E-state index contributed by atoms with van der Waals surface area (Å²) in [6.45, 7) is 1.60. The maximum Gasteiger partial charge on any atom is 0.326 e. The molecule has 0 aliphatic rings. The molecule has 1 rings (SSSR count). The third-order valence-electron chi connectivity index (χ3n) is 2.85. The van der Waals surface area contributed by atoms with Gasteiger partial charge in [0.1, 0.15) is 11.8 Å². The number of carboxylic acids is 1. The molecule has 0 fully saturated rings. The zero-order valence-electron chi connectivity index (χ0n) is 11.7. The maximum atomic E-state index is 11.3. The summed E-state index contributed by atoms with van der Waals surface area (Å²) in [5.41, 5.74) is 0.173. The minimum Gasteiger partial charge on any atom is -0.496 e. The largest absolute Gasteiger partial charge is 0.496 e. The lowest BCUT2D eigenvalue weighted by molar-refractivity contribution is -0.384. The number of nitro benzene ring substituents is 1. The van der Waals surface area contributed by atoms with Crippen LogP contribution in [0.4, 0.5) is 5.69 Å². The third-order valence-corrected chi connectivity index (χ3v) is 2.85. The van der Waals surface area contributed by atoms with Gasteiger partial charge in [0, 0.05) is 30.5 Å². The van der Waals surface area contributed by atoms with Crippen molar-refractivity contribution in [1.82, 2.24) is 5.32 Å². The Morgan fingerprint density at radius 3 is 2.62 bits per heavy atom. The third kappa shape index (κ3) is 4.44. The molecule has 0 saturated heterocycles. The van der Waals surface area contributed by atoms with E-state index in [1.54, 1.807) is 6.92 Å². The zero-order chi connectivity index (χ0) is 16.0. The molecular weight excluding hydrogens is 280 g/mol. The smallest absolute Gasteiger partial charge is 0.326 e. The van der Waals surface area contributed by atoms with Crippen molar-refractivity contribution in [3.63, 3.8) is 0 Å². The van der Waals surface area contributed by atoms with Crippen molar-refractivity contribution >= 4 is 17.6 Å². The van der Waals surface area contributed by atoms with E-state index in [0.717, 1.165) is 0 Å². The van der Waals surface area contributed by atoms with Crippen molar-refractivity contribution in [1.29, 1.82) is 0 Å². The van der Waals surface area contributed by atoms with Gasteiger partial charge in [-0.3, -0.25) is 14.9 Å². The number of carbonyl (C=O) groups is 2. The van der Waals surface area contributed by atoms with E-state index in [0.29, 0.717) is 11.3 Å². The van der Waals surface area contributed by atoms with Crippen molar-refractivity contribution in [3.05, 3.63) is 33.9 Å². The topological polar surface area (TPSA) is 119 Å². The molecule has 21 heavy (non-hydrogen) atoms. The first kappa shape index (κ1) is 16.4. The van der Waals surface area contributed by atoms with Crippen molar-refractivity contribution in [2.75, 3.05) is 7.11 Å². The van der Waals surface area contributed by atoms with Crippen LogP contribution < -0.4 is 10.1 Å². The first-order valence-electron chi connectivity index (χ1n) is 6.22. The minimum atomic E-state index is -1.22. The zero-order valence-corrected chi connectivity index (χ0v) is 11.7. The first-order chi connectivity index (χ1) is 9.88. The second kappa shape index (κ2) is 7.22. The van der Waals surface area contributed by atoms with Gasteiger partial charge in [0.15, 0.2) is 0 Å². The highest BCUT2D eigenvalue weighted by atomic mass is 16.6. The molecule has 1 amide bonds. The van der Waals surface area contributed by atoms with E-state index in [9.17, 15) is 19.7 Å². The molecule has 2 N–H and O–H groups in total. The number of nitrogens with zero attached hydrogens (tertiary/aromatic N) is 1. The van der Waals surface area contributed by atoms with Crippen molar-refractivity contribution in [3.8, 4) is 5.75 Å².